The van der Waals surface area contributed by atoms with Crippen LogP contribution in [0.2, 0.25) is 5.15 Å². The van der Waals surface area contributed by atoms with E-state index < -0.39 is 23.5 Å². The molecule has 3 rings (SSSR count). The first kappa shape index (κ1) is 19.1. The van der Waals surface area contributed by atoms with Crippen LogP contribution in [-0.2, 0) is 9.53 Å². The second kappa shape index (κ2) is 7.93. The Hall–Kier alpha value is -2.65. The SMILES string of the molecule is CC(OC(=O)c1ccc2nc(Cl)ccc2c1)C(=O)NC1(C#N)CCCCC1. The molecule has 0 saturated heterocycles. The minimum absolute atomic E-state index is 0.318. The number of hydrogen-bond acceptors (Lipinski definition) is 5. The summed E-state index contributed by atoms with van der Waals surface area (Å²) in [4.78, 5) is 29.0. The van der Waals surface area contributed by atoms with Crippen LogP contribution in [0.1, 0.15) is 49.4 Å². The normalized spacial score (nSPS) is 16.9. The van der Waals surface area contributed by atoms with Crippen LogP contribution in [0, 0.1) is 11.3 Å². The molecule has 1 N–H and O–H groups in total. The van der Waals surface area contributed by atoms with Gasteiger partial charge in [-0.15, -0.1) is 0 Å². The predicted octanol–water partition coefficient (Wildman–Crippen LogP) is 3.78. The summed E-state index contributed by atoms with van der Waals surface area (Å²) in [6, 6.07) is 10.5. The molecule has 7 heteroatoms. The van der Waals surface area contributed by atoms with E-state index in [4.69, 9.17) is 16.3 Å². The first-order valence-electron chi connectivity index (χ1n) is 8.93. The molecule has 1 aliphatic carbocycles. The van der Waals surface area contributed by atoms with Crippen LogP contribution < -0.4 is 5.32 Å². The van der Waals surface area contributed by atoms with Crippen LogP contribution >= 0.6 is 11.6 Å². The topological polar surface area (TPSA) is 92.1 Å². The largest absolute Gasteiger partial charge is 0.449 e. The summed E-state index contributed by atoms with van der Waals surface area (Å²) in [6.07, 6.45) is 3.11. The fraction of sp³-hybridized carbons (Fsp3) is 0.400. The van der Waals surface area contributed by atoms with Crippen molar-refractivity contribution in [2.24, 2.45) is 0 Å². The molecule has 1 atom stereocenters. The number of halogens is 1. The first-order valence-corrected chi connectivity index (χ1v) is 9.31. The number of pyridine rings is 1. The number of ether oxygens (including phenoxy) is 1. The number of carbonyl (C=O) groups excluding carboxylic acids is 2. The molecular formula is C20H20ClN3O3. The predicted molar refractivity (Wildman–Crippen MR) is 101 cm³/mol. The van der Waals surface area contributed by atoms with E-state index in [0.717, 1.165) is 24.6 Å². The summed E-state index contributed by atoms with van der Waals surface area (Å²) >= 11 is 5.86. The molecule has 1 aromatic heterocycles. The number of hydrogen-bond donors (Lipinski definition) is 1. The number of nitrogens with zero attached hydrogens (tertiary/aromatic N) is 2. The number of fused-ring (bicyclic) bond motifs is 1. The molecule has 2 aromatic rings. The summed E-state index contributed by atoms with van der Waals surface area (Å²) in [6.45, 7) is 1.50. The molecule has 0 radical (unpaired) electrons. The number of nitrogens with one attached hydrogen (secondary N) is 1. The highest BCUT2D eigenvalue weighted by Gasteiger charge is 2.35. The van der Waals surface area contributed by atoms with E-state index in [1.54, 1.807) is 30.3 Å². The molecule has 6 nitrogen and oxygen atoms in total. The highest BCUT2D eigenvalue weighted by molar-refractivity contribution is 6.29. The van der Waals surface area contributed by atoms with Crippen LogP contribution in [0.15, 0.2) is 30.3 Å². The van der Waals surface area contributed by atoms with Crippen molar-refractivity contribution in [1.82, 2.24) is 10.3 Å². The Morgan fingerprint density at radius 1 is 1.26 bits per heavy atom. The third-order valence-corrected chi connectivity index (χ3v) is 5.04. The Morgan fingerprint density at radius 3 is 2.70 bits per heavy atom. The quantitative estimate of drug-likeness (QED) is 0.638. The van der Waals surface area contributed by atoms with Gasteiger partial charge in [0, 0.05) is 5.39 Å². The van der Waals surface area contributed by atoms with Crippen molar-refractivity contribution < 1.29 is 14.3 Å². The molecule has 0 spiro atoms. The molecule has 1 heterocycles. The van der Waals surface area contributed by atoms with E-state index in [9.17, 15) is 14.9 Å². The number of benzene rings is 1. The number of carbonyl (C=O) groups is 2. The molecule has 140 valence electrons. The maximum absolute atomic E-state index is 12.4. The lowest BCUT2D eigenvalue weighted by atomic mass is 9.83. The van der Waals surface area contributed by atoms with Gasteiger partial charge >= 0.3 is 5.97 Å². The lowest BCUT2D eigenvalue weighted by molar-refractivity contribution is -0.130. The third-order valence-electron chi connectivity index (χ3n) is 4.83. The van der Waals surface area contributed by atoms with Crippen LogP contribution in [0.5, 0.6) is 0 Å². The van der Waals surface area contributed by atoms with Gasteiger partial charge in [0.15, 0.2) is 6.10 Å². The molecule has 0 aliphatic heterocycles. The summed E-state index contributed by atoms with van der Waals surface area (Å²) in [5.41, 5.74) is 0.126. The van der Waals surface area contributed by atoms with Crippen LogP contribution in [-0.4, -0.2) is 28.5 Å². The van der Waals surface area contributed by atoms with Crippen molar-refractivity contribution in [3.8, 4) is 6.07 Å². The maximum Gasteiger partial charge on any atom is 0.338 e. The van der Waals surface area contributed by atoms with Crippen molar-refractivity contribution in [2.75, 3.05) is 0 Å². The maximum atomic E-state index is 12.4. The smallest absolute Gasteiger partial charge is 0.338 e. The third kappa shape index (κ3) is 4.37. The molecule has 0 bridgehead atoms. The molecule has 27 heavy (non-hydrogen) atoms. The van der Waals surface area contributed by atoms with Crippen molar-refractivity contribution >= 4 is 34.4 Å². The van der Waals surface area contributed by atoms with E-state index in [1.807, 2.05) is 0 Å². The van der Waals surface area contributed by atoms with Gasteiger partial charge in [0.1, 0.15) is 10.7 Å². The Labute approximate surface area is 162 Å². The van der Waals surface area contributed by atoms with Crippen molar-refractivity contribution in [3.63, 3.8) is 0 Å². The van der Waals surface area contributed by atoms with Crippen LogP contribution in [0.3, 0.4) is 0 Å². The second-order valence-electron chi connectivity index (χ2n) is 6.83. The lowest BCUT2D eigenvalue weighted by Gasteiger charge is -2.32. The Kier molecular flexibility index (Phi) is 5.62. The van der Waals surface area contributed by atoms with Gasteiger partial charge in [-0.3, -0.25) is 4.79 Å². The molecule has 1 amide bonds. The van der Waals surface area contributed by atoms with E-state index in [-0.39, 0.29) is 0 Å². The highest BCUT2D eigenvalue weighted by Crippen LogP contribution is 2.27. The minimum atomic E-state index is -0.997. The number of esters is 1. The van der Waals surface area contributed by atoms with E-state index >= 15 is 0 Å². The number of nitriles is 1. The van der Waals surface area contributed by atoms with Crippen LogP contribution in [0.25, 0.3) is 10.9 Å². The Balaban J connectivity index is 1.67. The molecular weight excluding hydrogens is 366 g/mol. The first-order chi connectivity index (χ1) is 12.9. The molecule has 1 unspecified atom stereocenters. The number of rotatable bonds is 4. The van der Waals surface area contributed by atoms with Gasteiger partial charge in [0.25, 0.3) is 5.91 Å². The standard InChI is InChI=1S/C20H20ClN3O3/c1-13(18(25)24-20(12-22)9-3-2-4-10-20)27-19(26)15-5-7-16-14(11-15)6-8-17(21)23-16/h5-8,11,13H,2-4,9-10H2,1H3,(H,24,25). The van der Waals surface area contributed by atoms with Gasteiger partial charge < -0.3 is 10.1 Å². The summed E-state index contributed by atoms with van der Waals surface area (Å²) in [7, 11) is 0. The van der Waals surface area contributed by atoms with Gasteiger partial charge in [-0.05, 0) is 50.1 Å². The van der Waals surface area contributed by atoms with Gasteiger partial charge in [-0.1, -0.05) is 30.9 Å². The second-order valence-corrected chi connectivity index (χ2v) is 7.22. The average molecular weight is 386 g/mol. The van der Waals surface area contributed by atoms with E-state index in [2.05, 4.69) is 16.4 Å². The summed E-state index contributed by atoms with van der Waals surface area (Å²) < 4.78 is 5.30. The van der Waals surface area contributed by atoms with E-state index in [1.165, 1.54) is 6.92 Å². The summed E-state index contributed by atoms with van der Waals surface area (Å²) in [5.74, 6) is -1.06. The Bertz CT molecular complexity index is 916. The van der Waals surface area contributed by atoms with Gasteiger partial charge in [-0.2, -0.15) is 5.26 Å². The van der Waals surface area contributed by atoms with Crippen molar-refractivity contribution in [2.45, 2.75) is 50.7 Å². The zero-order valence-corrected chi connectivity index (χ0v) is 15.8. The Morgan fingerprint density at radius 2 is 2.00 bits per heavy atom. The van der Waals surface area contributed by atoms with Crippen molar-refractivity contribution in [3.05, 3.63) is 41.0 Å². The highest BCUT2D eigenvalue weighted by atomic mass is 35.5. The number of aromatic nitrogens is 1. The van der Waals surface area contributed by atoms with Crippen LogP contribution in [0.4, 0.5) is 0 Å². The minimum Gasteiger partial charge on any atom is -0.449 e. The number of amides is 1. The molecule has 1 saturated carbocycles. The average Bonchev–Trinajstić information content (AvgIpc) is 2.68. The van der Waals surface area contributed by atoms with Crippen molar-refractivity contribution in [1.29, 1.82) is 5.26 Å². The lowest BCUT2D eigenvalue weighted by Crippen LogP contribution is -2.52. The monoisotopic (exact) mass is 385 g/mol. The fourth-order valence-electron chi connectivity index (χ4n) is 3.27. The van der Waals surface area contributed by atoms with Gasteiger partial charge in [0.05, 0.1) is 17.1 Å². The molecule has 1 aliphatic rings. The summed E-state index contributed by atoms with van der Waals surface area (Å²) in [5, 5.41) is 13.4. The zero-order chi connectivity index (χ0) is 19.4. The van der Waals surface area contributed by atoms with Gasteiger partial charge in [0.2, 0.25) is 0 Å². The zero-order valence-electron chi connectivity index (χ0n) is 15.0. The molecule has 1 aromatic carbocycles. The van der Waals surface area contributed by atoms with Gasteiger partial charge in [-0.25, -0.2) is 9.78 Å². The fourth-order valence-corrected chi connectivity index (χ4v) is 3.42. The van der Waals surface area contributed by atoms with E-state index in [0.29, 0.717) is 29.1 Å². The molecule has 1 fully saturated rings.